The van der Waals surface area contributed by atoms with Crippen LogP contribution in [0.1, 0.15) is 22.3 Å². The molecule has 0 saturated carbocycles. The van der Waals surface area contributed by atoms with Gasteiger partial charge >= 0.3 is 0 Å². The first-order chi connectivity index (χ1) is 17.8. The van der Waals surface area contributed by atoms with E-state index in [2.05, 4.69) is 76.0 Å². The van der Waals surface area contributed by atoms with Crippen molar-refractivity contribution in [2.75, 3.05) is 0 Å². The lowest BCUT2D eigenvalue weighted by atomic mass is 9.98. The molecule has 0 bridgehead atoms. The topological polar surface area (TPSA) is 149 Å². The van der Waals surface area contributed by atoms with Crippen molar-refractivity contribution in [2.45, 2.75) is 23.9 Å². The third kappa shape index (κ3) is 9.96. The molecule has 4 rings (SSSR count). The Hall–Kier alpha value is -3.15. The summed E-state index contributed by atoms with van der Waals surface area (Å²) in [7, 11) is 0. The van der Waals surface area contributed by atoms with E-state index in [9.17, 15) is 0 Å². The van der Waals surface area contributed by atoms with Crippen LogP contribution in [0.15, 0.2) is 72.8 Å². The Morgan fingerprint density at radius 1 is 0.789 bits per heavy atom. The monoisotopic (exact) mass is 670 g/mol. The third-order valence-corrected chi connectivity index (χ3v) is 6.68. The number of fused-ring (bicyclic) bond motifs is 2. The summed E-state index contributed by atoms with van der Waals surface area (Å²) in [5, 5.41) is 30.6. The van der Waals surface area contributed by atoms with E-state index in [1.807, 2.05) is 48.5 Å². The zero-order valence-corrected chi connectivity index (χ0v) is 25.4. The van der Waals surface area contributed by atoms with Crippen LogP contribution in [-0.4, -0.2) is 10.3 Å². The summed E-state index contributed by atoms with van der Waals surface area (Å²) >= 11 is 8.83. The zero-order chi connectivity index (χ0) is 27.2. The standard InChI is InChI=1S/C14H13N3S.C13H10BrN.CH4N2S.BrH/c15-8-7-13-11(9-18-14(16)17)6-5-10-3-1-2-4-12(10)13;14-9-11-6-5-10-3-1-2-4-12(10)13(11)7-8-15;2-1(3)4;/h1-6H,7,9H2,(H3,16,17);1-6H,7,9H2;(H4,2,3,4);1H. The van der Waals surface area contributed by atoms with Gasteiger partial charge in [-0.2, -0.15) is 10.5 Å². The molecular formula is C28H28Br2N6S2. The van der Waals surface area contributed by atoms with E-state index in [0.717, 1.165) is 32.8 Å². The molecule has 10 heteroatoms. The number of nitrogens with zero attached hydrogens (tertiary/aromatic N) is 2. The molecule has 4 aromatic rings. The van der Waals surface area contributed by atoms with Crippen molar-refractivity contribution < 1.29 is 0 Å². The van der Waals surface area contributed by atoms with Gasteiger partial charge in [0.05, 0.1) is 25.0 Å². The van der Waals surface area contributed by atoms with Gasteiger partial charge in [-0.25, -0.2) is 0 Å². The number of thioether (sulfide) groups is 1. The highest BCUT2D eigenvalue weighted by Gasteiger charge is 2.08. The molecule has 0 aromatic heterocycles. The highest BCUT2D eigenvalue weighted by atomic mass is 79.9. The van der Waals surface area contributed by atoms with Crippen LogP contribution in [0.25, 0.3) is 21.5 Å². The molecule has 0 amide bonds. The number of hydrogen-bond donors (Lipinski definition) is 4. The fraction of sp³-hybridized carbons (Fsp3) is 0.143. The molecule has 38 heavy (non-hydrogen) atoms. The summed E-state index contributed by atoms with van der Waals surface area (Å²) in [5.41, 5.74) is 19.1. The number of halogens is 2. The Morgan fingerprint density at radius 3 is 1.63 bits per heavy atom. The van der Waals surface area contributed by atoms with Crippen LogP contribution in [0.4, 0.5) is 0 Å². The quantitative estimate of drug-likeness (QED) is 0.0808. The van der Waals surface area contributed by atoms with E-state index in [-0.39, 0.29) is 27.3 Å². The summed E-state index contributed by atoms with van der Waals surface area (Å²) in [4.78, 5) is 0. The van der Waals surface area contributed by atoms with E-state index in [1.165, 1.54) is 28.1 Å². The first-order valence-electron chi connectivity index (χ1n) is 11.1. The zero-order valence-electron chi connectivity index (χ0n) is 20.5. The largest absolute Gasteiger partial charge is 0.379 e. The maximum absolute atomic E-state index is 8.96. The molecule has 0 aliphatic heterocycles. The fourth-order valence-corrected chi connectivity index (χ4v) is 4.86. The van der Waals surface area contributed by atoms with Crippen LogP contribution in [0.5, 0.6) is 0 Å². The number of thiocarbonyl (C=S) groups is 1. The number of nitrogens with one attached hydrogen (secondary N) is 1. The average molecular weight is 673 g/mol. The lowest BCUT2D eigenvalue weighted by Crippen LogP contribution is -2.18. The molecule has 7 N–H and O–H groups in total. The highest BCUT2D eigenvalue weighted by molar-refractivity contribution is 9.08. The molecule has 0 aliphatic rings. The third-order valence-electron chi connectivity index (χ3n) is 5.31. The van der Waals surface area contributed by atoms with Gasteiger partial charge in [0.2, 0.25) is 0 Å². The molecule has 6 nitrogen and oxygen atoms in total. The Bertz CT molecular complexity index is 1470. The molecule has 0 fully saturated rings. The van der Waals surface area contributed by atoms with Crippen LogP contribution >= 0.6 is 56.9 Å². The van der Waals surface area contributed by atoms with Gasteiger partial charge in [-0.05, 0) is 56.0 Å². The van der Waals surface area contributed by atoms with Gasteiger partial charge < -0.3 is 17.2 Å². The van der Waals surface area contributed by atoms with Crippen molar-refractivity contribution in [3.8, 4) is 12.1 Å². The molecule has 0 atom stereocenters. The SMILES string of the molecule is Br.N#CCc1c(CBr)ccc2ccccc12.N#CCc1c(CSC(=N)N)ccc2ccccc12.NC(N)=S. The Kier molecular flexibility index (Phi) is 15.0. The number of nitriles is 2. The Balaban J connectivity index is 0.000000329. The fourth-order valence-electron chi connectivity index (χ4n) is 3.75. The normalized spacial score (nSPS) is 9.45. The lowest BCUT2D eigenvalue weighted by molar-refractivity contribution is 1.23. The maximum atomic E-state index is 8.96. The molecule has 0 saturated heterocycles. The van der Waals surface area contributed by atoms with Gasteiger partial charge in [0.1, 0.15) is 0 Å². The predicted molar refractivity (Wildman–Crippen MR) is 174 cm³/mol. The van der Waals surface area contributed by atoms with Crippen molar-refractivity contribution in [3.05, 3.63) is 95.1 Å². The van der Waals surface area contributed by atoms with Crippen molar-refractivity contribution in [2.24, 2.45) is 17.2 Å². The van der Waals surface area contributed by atoms with Crippen LogP contribution in [-0.2, 0) is 23.9 Å². The van der Waals surface area contributed by atoms with Crippen molar-refractivity contribution in [3.63, 3.8) is 0 Å². The second-order valence-corrected chi connectivity index (χ2v) is 9.76. The first kappa shape index (κ1) is 32.9. The van der Waals surface area contributed by atoms with Gasteiger partial charge in [-0.15, -0.1) is 17.0 Å². The molecular weight excluding hydrogens is 644 g/mol. The molecule has 196 valence electrons. The van der Waals surface area contributed by atoms with Crippen molar-refractivity contribution in [1.29, 1.82) is 15.9 Å². The molecule has 4 aromatic carbocycles. The first-order valence-corrected chi connectivity index (χ1v) is 13.6. The highest BCUT2D eigenvalue weighted by Crippen LogP contribution is 2.26. The summed E-state index contributed by atoms with van der Waals surface area (Å²) in [5.74, 6) is 0.636. The number of alkyl halides is 1. The minimum atomic E-state index is 0. The molecule has 0 unspecified atom stereocenters. The summed E-state index contributed by atoms with van der Waals surface area (Å²) < 4.78 is 0. The molecule has 0 heterocycles. The molecule has 0 spiro atoms. The maximum Gasteiger partial charge on any atom is 0.160 e. The van der Waals surface area contributed by atoms with E-state index in [4.69, 9.17) is 21.7 Å². The van der Waals surface area contributed by atoms with Crippen LogP contribution in [0.3, 0.4) is 0 Å². The second-order valence-electron chi connectivity index (χ2n) is 7.71. The van der Waals surface area contributed by atoms with Crippen molar-refractivity contribution in [1.82, 2.24) is 0 Å². The number of nitrogens with two attached hydrogens (primary N) is 3. The smallest absolute Gasteiger partial charge is 0.160 e. The Labute approximate surface area is 251 Å². The van der Waals surface area contributed by atoms with Crippen molar-refractivity contribution >= 4 is 88.7 Å². The average Bonchev–Trinajstić information content (AvgIpc) is 2.88. The van der Waals surface area contributed by atoms with Crippen LogP contribution < -0.4 is 17.2 Å². The summed E-state index contributed by atoms with van der Waals surface area (Å²) in [6.45, 7) is 0. The van der Waals surface area contributed by atoms with E-state index in [0.29, 0.717) is 18.6 Å². The van der Waals surface area contributed by atoms with Gasteiger partial charge in [0.15, 0.2) is 10.3 Å². The van der Waals surface area contributed by atoms with Crippen LogP contribution in [0.2, 0.25) is 0 Å². The number of benzene rings is 4. The summed E-state index contributed by atoms with van der Waals surface area (Å²) in [6.07, 6.45) is 0.859. The van der Waals surface area contributed by atoms with Gasteiger partial charge in [-0.1, -0.05) is 100 Å². The number of amidine groups is 1. The lowest BCUT2D eigenvalue weighted by Gasteiger charge is -2.10. The molecule has 0 aliphatic carbocycles. The minimum Gasteiger partial charge on any atom is -0.379 e. The van der Waals surface area contributed by atoms with Crippen LogP contribution in [0, 0.1) is 28.1 Å². The van der Waals surface area contributed by atoms with Gasteiger partial charge in [-0.3, -0.25) is 5.41 Å². The minimum absolute atomic E-state index is 0. The summed E-state index contributed by atoms with van der Waals surface area (Å²) in [6, 6.07) is 28.9. The predicted octanol–water partition coefficient (Wildman–Crippen LogP) is 6.60. The number of hydrogen-bond acceptors (Lipinski definition) is 5. The van der Waals surface area contributed by atoms with Gasteiger partial charge in [0, 0.05) is 11.1 Å². The molecule has 0 radical (unpaired) electrons. The second kappa shape index (κ2) is 17.4. The van der Waals surface area contributed by atoms with E-state index in [1.54, 1.807) is 0 Å². The number of rotatable bonds is 5. The Morgan fingerprint density at radius 2 is 1.21 bits per heavy atom. The van der Waals surface area contributed by atoms with Gasteiger partial charge in [0.25, 0.3) is 0 Å². The van der Waals surface area contributed by atoms with E-state index < -0.39 is 0 Å². The van der Waals surface area contributed by atoms with E-state index >= 15 is 0 Å².